The monoisotopic (exact) mass is 597 g/mol. The molecule has 0 aliphatic heterocycles. The van der Waals surface area contributed by atoms with Crippen LogP contribution in [0.15, 0.2) is 49.2 Å². The van der Waals surface area contributed by atoms with Gasteiger partial charge in [-0.2, -0.15) is 9.78 Å². The van der Waals surface area contributed by atoms with Gasteiger partial charge in [-0.1, -0.05) is 41.4 Å². The third-order valence-corrected chi connectivity index (χ3v) is 6.23. The van der Waals surface area contributed by atoms with E-state index >= 15 is 0 Å². The molecule has 0 amide bonds. The molecule has 1 heterocycles. The van der Waals surface area contributed by atoms with E-state index in [2.05, 4.69) is 37.0 Å². The van der Waals surface area contributed by atoms with Gasteiger partial charge in [0.05, 0.1) is 33.2 Å². The highest BCUT2D eigenvalue weighted by atomic mass is 79.9. The van der Waals surface area contributed by atoms with Crippen LogP contribution in [-0.2, 0) is 9.53 Å². The van der Waals surface area contributed by atoms with Gasteiger partial charge in [-0.05, 0) is 65.2 Å². The summed E-state index contributed by atoms with van der Waals surface area (Å²) in [5.41, 5.74) is 0.998. The molecule has 1 atom stereocenters. The average molecular weight is 600 g/mol. The molecule has 3 rings (SSSR count). The predicted octanol–water partition coefficient (Wildman–Crippen LogP) is 5.91. The highest BCUT2D eigenvalue weighted by Crippen LogP contribution is 2.34. The highest BCUT2D eigenvalue weighted by Gasteiger charge is 2.16. The summed E-state index contributed by atoms with van der Waals surface area (Å²) < 4.78 is 13.0. The Hall–Kier alpha value is -2.23. The van der Waals surface area contributed by atoms with Crippen LogP contribution in [0.3, 0.4) is 0 Å². The van der Waals surface area contributed by atoms with Crippen LogP contribution in [0.5, 0.6) is 5.75 Å². The van der Waals surface area contributed by atoms with Crippen LogP contribution in [0.1, 0.15) is 44.5 Å². The highest BCUT2D eigenvalue weighted by molar-refractivity contribution is 9.10. The number of esters is 1. The molecule has 174 valence electrons. The van der Waals surface area contributed by atoms with Crippen molar-refractivity contribution in [2.45, 2.75) is 33.1 Å². The van der Waals surface area contributed by atoms with Crippen LogP contribution in [0.4, 0.5) is 0 Å². The Morgan fingerprint density at radius 2 is 2.03 bits per heavy atom. The van der Waals surface area contributed by atoms with E-state index in [-0.39, 0.29) is 29.7 Å². The number of hydrogen-bond donors (Lipinski definition) is 0. The van der Waals surface area contributed by atoms with Gasteiger partial charge in [0.15, 0.2) is 12.4 Å². The van der Waals surface area contributed by atoms with E-state index in [0.717, 1.165) is 10.9 Å². The maximum atomic E-state index is 13.2. The van der Waals surface area contributed by atoms with Crippen molar-refractivity contribution < 1.29 is 14.3 Å². The van der Waals surface area contributed by atoms with Gasteiger partial charge in [0.2, 0.25) is 0 Å². The van der Waals surface area contributed by atoms with E-state index in [1.165, 1.54) is 10.9 Å². The van der Waals surface area contributed by atoms with Crippen LogP contribution in [0.2, 0.25) is 5.02 Å². The number of halogens is 3. The Labute approximate surface area is 213 Å². The molecular weight excluding hydrogens is 578 g/mol. The third-order valence-electron chi connectivity index (χ3n) is 4.87. The standard InChI is InChI=1S/C23H22Br2ClN3O4/c1-4-13(3)22-28-19-7-6-15(24)10-16(19)23(31)29(22)27-11-14-8-17(25)21(18(26)9-14)33-12-20(30)32-5-2/h6-11,13H,4-5,12H2,1-3H3/t13-/m1/s1. The number of rotatable bonds is 8. The summed E-state index contributed by atoms with van der Waals surface area (Å²) in [6, 6.07) is 8.77. The van der Waals surface area contributed by atoms with Crippen LogP contribution >= 0.6 is 43.5 Å². The summed E-state index contributed by atoms with van der Waals surface area (Å²) in [4.78, 5) is 29.5. The Balaban J connectivity index is 1.99. The van der Waals surface area contributed by atoms with Gasteiger partial charge in [-0.15, -0.1) is 0 Å². The molecule has 10 heteroatoms. The van der Waals surface area contributed by atoms with E-state index in [1.54, 1.807) is 25.1 Å². The van der Waals surface area contributed by atoms with Gasteiger partial charge in [-0.3, -0.25) is 4.79 Å². The lowest BCUT2D eigenvalue weighted by atomic mass is 10.1. The number of carbonyl (C=O) groups is 1. The minimum absolute atomic E-state index is 0.0249. The Bertz CT molecular complexity index is 1250. The second-order valence-electron chi connectivity index (χ2n) is 7.21. The fraction of sp³-hybridized carbons (Fsp3) is 0.304. The van der Waals surface area contributed by atoms with Gasteiger partial charge in [0.1, 0.15) is 5.82 Å². The molecule has 2 aromatic carbocycles. The lowest BCUT2D eigenvalue weighted by Gasteiger charge is -2.14. The van der Waals surface area contributed by atoms with Crippen molar-refractivity contribution in [1.29, 1.82) is 0 Å². The van der Waals surface area contributed by atoms with E-state index in [9.17, 15) is 9.59 Å². The fourth-order valence-corrected chi connectivity index (χ4v) is 4.38. The summed E-state index contributed by atoms with van der Waals surface area (Å²) >= 11 is 13.2. The molecule has 0 saturated carbocycles. The quantitative estimate of drug-likeness (QED) is 0.238. The van der Waals surface area contributed by atoms with Crippen LogP contribution in [0.25, 0.3) is 10.9 Å². The topological polar surface area (TPSA) is 82.8 Å². The van der Waals surface area contributed by atoms with Gasteiger partial charge in [0.25, 0.3) is 5.56 Å². The van der Waals surface area contributed by atoms with Gasteiger partial charge >= 0.3 is 5.97 Å². The van der Waals surface area contributed by atoms with Crippen LogP contribution < -0.4 is 10.3 Å². The first kappa shape index (κ1) is 25.4. The molecule has 0 radical (unpaired) electrons. The van der Waals surface area contributed by atoms with Crippen molar-refractivity contribution >= 4 is 66.5 Å². The largest absolute Gasteiger partial charge is 0.479 e. The fourth-order valence-electron chi connectivity index (χ4n) is 3.03. The molecule has 0 saturated heterocycles. The summed E-state index contributed by atoms with van der Waals surface area (Å²) in [6.45, 7) is 5.76. The first-order valence-corrected chi connectivity index (χ1v) is 12.3. The number of carbonyl (C=O) groups excluding carboxylic acids is 1. The molecule has 0 N–H and O–H groups in total. The lowest BCUT2D eigenvalue weighted by Crippen LogP contribution is -2.23. The molecular formula is C23H22Br2ClN3O4. The van der Waals surface area contributed by atoms with Crippen molar-refractivity contribution in [3.63, 3.8) is 0 Å². The first-order chi connectivity index (χ1) is 15.7. The predicted molar refractivity (Wildman–Crippen MR) is 137 cm³/mol. The maximum absolute atomic E-state index is 13.2. The molecule has 1 aromatic heterocycles. The van der Waals surface area contributed by atoms with E-state index in [4.69, 9.17) is 26.1 Å². The van der Waals surface area contributed by atoms with Crippen LogP contribution in [0, 0.1) is 0 Å². The summed E-state index contributed by atoms with van der Waals surface area (Å²) in [7, 11) is 0. The maximum Gasteiger partial charge on any atom is 0.344 e. The van der Waals surface area contributed by atoms with Crippen molar-refractivity contribution in [2.75, 3.05) is 13.2 Å². The molecule has 0 bridgehead atoms. The smallest absolute Gasteiger partial charge is 0.344 e. The molecule has 0 aliphatic rings. The minimum atomic E-state index is -0.488. The van der Waals surface area contributed by atoms with Crippen molar-refractivity contribution in [2.24, 2.45) is 5.10 Å². The summed E-state index contributed by atoms with van der Waals surface area (Å²) in [5, 5.41) is 5.19. The number of ether oxygens (including phenoxy) is 2. The van der Waals surface area contributed by atoms with E-state index < -0.39 is 5.97 Å². The third kappa shape index (κ3) is 6.02. The molecule has 0 unspecified atom stereocenters. The summed E-state index contributed by atoms with van der Waals surface area (Å²) in [6.07, 6.45) is 2.33. The zero-order chi connectivity index (χ0) is 24.1. The number of nitrogens with zero attached hydrogens (tertiary/aromatic N) is 3. The lowest BCUT2D eigenvalue weighted by molar-refractivity contribution is -0.145. The summed E-state index contributed by atoms with van der Waals surface area (Å²) in [5.74, 6) is 0.431. The number of fused-ring (bicyclic) bond motifs is 1. The van der Waals surface area contributed by atoms with Crippen molar-refractivity contribution in [3.8, 4) is 5.75 Å². The molecule has 0 fully saturated rings. The van der Waals surface area contributed by atoms with Gasteiger partial charge in [-0.25, -0.2) is 9.78 Å². The average Bonchev–Trinajstić information content (AvgIpc) is 2.77. The number of hydrogen-bond acceptors (Lipinski definition) is 6. The van der Waals surface area contributed by atoms with Gasteiger partial charge < -0.3 is 9.47 Å². The zero-order valence-electron chi connectivity index (χ0n) is 18.3. The van der Waals surface area contributed by atoms with Crippen LogP contribution in [-0.4, -0.2) is 35.1 Å². The Kier molecular flexibility index (Phi) is 8.67. The van der Waals surface area contributed by atoms with E-state index in [1.807, 2.05) is 26.0 Å². The van der Waals surface area contributed by atoms with Crippen molar-refractivity contribution in [3.05, 3.63) is 66.0 Å². The van der Waals surface area contributed by atoms with E-state index in [0.29, 0.717) is 32.5 Å². The normalized spacial score (nSPS) is 12.3. The second-order valence-corrected chi connectivity index (χ2v) is 9.39. The minimum Gasteiger partial charge on any atom is -0.479 e. The molecule has 0 aliphatic carbocycles. The molecule has 33 heavy (non-hydrogen) atoms. The Morgan fingerprint density at radius 1 is 1.27 bits per heavy atom. The Morgan fingerprint density at radius 3 is 2.70 bits per heavy atom. The zero-order valence-corrected chi connectivity index (χ0v) is 22.2. The van der Waals surface area contributed by atoms with Gasteiger partial charge in [0, 0.05) is 10.4 Å². The second kappa shape index (κ2) is 11.3. The number of aromatic nitrogens is 2. The molecule has 3 aromatic rings. The molecule has 0 spiro atoms. The SMILES string of the molecule is CCOC(=O)COc1c(Cl)cc(C=Nn2c([C@H](C)CC)nc3ccc(Br)cc3c2=O)cc1Br. The molecule has 7 nitrogen and oxygen atoms in total. The number of benzene rings is 2. The van der Waals surface area contributed by atoms with Crippen molar-refractivity contribution in [1.82, 2.24) is 9.66 Å². The first-order valence-electron chi connectivity index (χ1n) is 10.3.